The summed E-state index contributed by atoms with van der Waals surface area (Å²) in [5.41, 5.74) is 6.52. The Kier molecular flexibility index (Phi) is 12.9. The van der Waals surface area contributed by atoms with E-state index in [9.17, 15) is 44.7 Å². The van der Waals surface area contributed by atoms with Crippen LogP contribution in [0.2, 0.25) is 0 Å². The highest BCUT2D eigenvalue weighted by Gasteiger charge is 2.38. The van der Waals surface area contributed by atoms with Crippen LogP contribution in [0.5, 0.6) is 5.75 Å². The number of nitrogens with one attached hydrogen (secondary N) is 4. The number of aliphatic carboxylic acids is 2. The molecular weight excluding hydrogens is 678 g/mol. The van der Waals surface area contributed by atoms with E-state index < -0.39 is 46.1 Å². The second kappa shape index (κ2) is 15.7. The number of benzene rings is 1. The van der Waals surface area contributed by atoms with Crippen molar-refractivity contribution in [2.24, 2.45) is 5.73 Å². The maximum absolute atomic E-state index is 13.1. The molecule has 0 saturated carbocycles. The van der Waals surface area contributed by atoms with Gasteiger partial charge in [-0.1, -0.05) is 12.1 Å². The highest BCUT2D eigenvalue weighted by molar-refractivity contribution is 7.91. The number of carboxylic acids is 2. The number of halogens is 6. The summed E-state index contributed by atoms with van der Waals surface area (Å²) in [5.74, 6) is -3.99. The molecule has 0 unspecified atom stereocenters. The summed E-state index contributed by atoms with van der Waals surface area (Å²) in [6.45, 7) is 1.77. The van der Waals surface area contributed by atoms with E-state index >= 15 is 0 Å². The molecule has 3 aromatic rings. The molecule has 2 aromatic heterocycles. The van der Waals surface area contributed by atoms with E-state index in [1.165, 1.54) is 19.1 Å². The van der Waals surface area contributed by atoms with Gasteiger partial charge in [-0.05, 0) is 43.2 Å². The minimum absolute atomic E-state index is 0.0499. The van der Waals surface area contributed by atoms with Crippen LogP contribution in [0.1, 0.15) is 23.2 Å². The van der Waals surface area contributed by atoms with Gasteiger partial charge >= 0.3 is 24.3 Å². The number of carboxylic acid groups (broad SMARTS) is 2. The van der Waals surface area contributed by atoms with E-state index in [1.54, 1.807) is 24.3 Å². The average Bonchev–Trinajstić information content (AvgIpc) is 3.58. The minimum atomic E-state index is -5.08. The standard InChI is InChI=1S/C22H25F3N6O6S2.C2HF3O2/c1-12-18(28-29-19(12)22(23,24)25)16-7-8-17(38-16)39(34,35)31-15(20(32)33)11-13-3-5-14(6-4-13)36-9-2-10-37-30-21(26)27;3-2(4,5)1(6)7/h3-8,15,31H,2,9-11H2,1H3,(H,28,29)(H,32,33)(H4,26,27,30);(H,6,7)/t15-;/m0./s1. The fourth-order valence-electron chi connectivity index (χ4n) is 3.34. The highest BCUT2D eigenvalue weighted by atomic mass is 32.2. The molecular formula is C24H26F6N6O8S2. The lowest BCUT2D eigenvalue weighted by atomic mass is 10.1. The molecule has 0 aliphatic carbocycles. The molecule has 3 rings (SSSR count). The third-order valence-corrected chi connectivity index (χ3v) is 8.47. The first kappa shape index (κ1) is 37.8. The van der Waals surface area contributed by atoms with Crippen molar-refractivity contribution in [2.75, 3.05) is 13.2 Å². The topological polar surface area (TPSA) is 230 Å². The van der Waals surface area contributed by atoms with E-state index in [2.05, 4.69) is 15.3 Å². The molecule has 14 nitrogen and oxygen atoms in total. The lowest BCUT2D eigenvalue weighted by molar-refractivity contribution is -0.192. The highest BCUT2D eigenvalue weighted by Crippen LogP contribution is 2.37. The fourth-order valence-corrected chi connectivity index (χ4v) is 5.90. The zero-order valence-electron chi connectivity index (χ0n) is 23.3. The molecule has 0 bridgehead atoms. The lowest BCUT2D eigenvalue weighted by Gasteiger charge is -2.14. The molecule has 46 heavy (non-hydrogen) atoms. The predicted molar refractivity (Wildman–Crippen MR) is 148 cm³/mol. The number of aromatic amines is 1. The van der Waals surface area contributed by atoms with Crippen molar-refractivity contribution in [3.8, 4) is 16.3 Å². The molecule has 0 spiro atoms. The minimum Gasteiger partial charge on any atom is -0.494 e. The van der Waals surface area contributed by atoms with Crippen molar-refractivity contribution in [3.63, 3.8) is 0 Å². The summed E-state index contributed by atoms with van der Waals surface area (Å²) < 4.78 is 104. The van der Waals surface area contributed by atoms with Crippen molar-refractivity contribution in [1.29, 1.82) is 5.41 Å². The number of guanidine groups is 1. The van der Waals surface area contributed by atoms with Gasteiger partial charge in [-0.25, -0.2) is 18.7 Å². The van der Waals surface area contributed by atoms with Gasteiger partial charge in [-0.2, -0.15) is 36.2 Å². The average molecular weight is 705 g/mol. The number of hydrogen-bond donors (Lipinski definition) is 7. The number of H-pyrrole nitrogens is 1. The molecule has 0 amide bonds. The van der Waals surface area contributed by atoms with Crippen molar-refractivity contribution in [3.05, 3.63) is 53.2 Å². The third kappa shape index (κ3) is 11.5. The van der Waals surface area contributed by atoms with Crippen LogP contribution < -0.4 is 20.7 Å². The number of thiophene rings is 1. The predicted octanol–water partition coefficient (Wildman–Crippen LogP) is 3.26. The number of alkyl halides is 6. The maximum atomic E-state index is 13.1. The number of ether oxygens (including phenoxy) is 1. The fraction of sp³-hybridized carbons (Fsp3) is 0.333. The quantitative estimate of drug-likeness (QED) is 0.0449. The number of aromatic nitrogens is 2. The van der Waals surface area contributed by atoms with E-state index in [0.717, 1.165) is 0 Å². The molecule has 22 heteroatoms. The maximum Gasteiger partial charge on any atom is 0.490 e. The number of sulfonamides is 1. The van der Waals surface area contributed by atoms with Gasteiger partial charge in [0.2, 0.25) is 5.96 Å². The number of nitrogens with zero attached hydrogens (tertiary/aromatic N) is 1. The van der Waals surface area contributed by atoms with Crippen molar-refractivity contribution in [2.45, 2.75) is 42.4 Å². The Labute approximate surface area is 260 Å². The molecule has 0 saturated heterocycles. The van der Waals surface area contributed by atoms with Crippen LogP contribution in [0, 0.1) is 12.3 Å². The number of nitrogens with two attached hydrogens (primary N) is 1. The SMILES string of the molecule is Cc1c(-c2ccc(S(=O)(=O)N[C@@H](Cc3ccc(OCCCONC(=N)N)cc3)C(=O)O)s2)n[nH]c1C(F)(F)F.O=C(O)C(F)(F)F. The number of rotatable bonds is 13. The zero-order chi connectivity index (χ0) is 34.9. The Bertz CT molecular complexity index is 1610. The van der Waals surface area contributed by atoms with E-state index in [1.807, 2.05) is 5.10 Å². The summed E-state index contributed by atoms with van der Waals surface area (Å²) in [4.78, 5) is 25.8. The van der Waals surface area contributed by atoms with E-state index in [-0.39, 0.29) is 39.3 Å². The largest absolute Gasteiger partial charge is 0.494 e. The Morgan fingerprint density at radius 2 is 1.70 bits per heavy atom. The Morgan fingerprint density at radius 1 is 1.09 bits per heavy atom. The molecule has 1 atom stereocenters. The molecule has 8 N–H and O–H groups in total. The van der Waals surface area contributed by atoms with Crippen LogP contribution in [-0.4, -0.2) is 72.2 Å². The van der Waals surface area contributed by atoms with E-state index in [0.29, 0.717) is 35.7 Å². The molecule has 1 aromatic carbocycles. The molecule has 0 aliphatic heterocycles. The molecule has 0 fully saturated rings. The van der Waals surface area contributed by atoms with Crippen LogP contribution >= 0.6 is 11.3 Å². The Morgan fingerprint density at radius 3 is 2.20 bits per heavy atom. The summed E-state index contributed by atoms with van der Waals surface area (Å²) >= 11 is 0.667. The van der Waals surface area contributed by atoms with Gasteiger partial charge < -0.3 is 20.7 Å². The van der Waals surface area contributed by atoms with Gasteiger partial charge in [0.05, 0.1) is 18.1 Å². The van der Waals surface area contributed by atoms with Crippen molar-refractivity contribution in [1.82, 2.24) is 20.4 Å². The first-order valence-electron chi connectivity index (χ1n) is 12.4. The molecule has 254 valence electrons. The third-order valence-electron chi connectivity index (χ3n) is 5.42. The Balaban J connectivity index is 0.000000942. The normalized spacial score (nSPS) is 12.5. The van der Waals surface area contributed by atoms with Crippen molar-refractivity contribution >= 4 is 39.3 Å². The first-order chi connectivity index (χ1) is 21.2. The van der Waals surface area contributed by atoms with Gasteiger partial charge in [0.25, 0.3) is 10.0 Å². The van der Waals surface area contributed by atoms with Gasteiger partial charge in [0, 0.05) is 12.0 Å². The summed E-state index contributed by atoms with van der Waals surface area (Å²) in [6.07, 6.45) is -9.41. The molecule has 2 heterocycles. The van der Waals surface area contributed by atoms with Crippen LogP contribution in [0.3, 0.4) is 0 Å². The second-order valence-electron chi connectivity index (χ2n) is 8.92. The smallest absolute Gasteiger partial charge is 0.490 e. The van der Waals surface area contributed by atoms with Crippen LogP contribution in [-0.2, 0) is 37.0 Å². The summed E-state index contributed by atoms with van der Waals surface area (Å²) in [7, 11) is -4.31. The van der Waals surface area contributed by atoms with Crippen molar-refractivity contribution < 1.29 is 64.1 Å². The Hall–Kier alpha value is -4.41. The lowest BCUT2D eigenvalue weighted by Crippen LogP contribution is -2.42. The number of carbonyl (C=O) groups is 2. The van der Waals surface area contributed by atoms with Crippen LogP contribution in [0.25, 0.3) is 10.6 Å². The summed E-state index contributed by atoms with van der Waals surface area (Å²) in [5, 5.41) is 29.3. The first-order valence-corrected chi connectivity index (χ1v) is 14.7. The monoisotopic (exact) mass is 704 g/mol. The molecule has 0 radical (unpaired) electrons. The summed E-state index contributed by atoms with van der Waals surface area (Å²) in [6, 6.07) is 7.36. The van der Waals surface area contributed by atoms with Gasteiger partial charge in [0.15, 0.2) is 0 Å². The number of hydrogen-bond acceptors (Lipinski definition) is 9. The van der Waals surface area contributed by atoms with Crippen LogP contribution in [0.4, 0.5) is 26.3 Å². The zero-order valence-corrected chi connectivity index (χ0v) is 25.0. The van der Waals surface area contributed by atoms with Gasteiger partial charge in [-0.3, -0.25) is 20.1 Å². The van der Waals surface area contributed by atoms with Gasteiger partial charge in [0.1, 0.15) is 27.4 Å². The number of hydroxylamine groups is 1. The second-order valence-corrected chi connectivity index (χ2v) is 11.9. The van der Waals surface area contributed by atoms with Crippen LogP contribution in [0.15, 0.2) is 40.6 Å². The van der Waals surface area contributed by atoms with Gasteiger partial charge in [-0.15, -0.1) is 11.3 Å². The molecule has 0 aliphatic rings. The van der Waals surface area contributed by atoms with E-state index in [4.69, 9.17) is 30.6 Å².